The molecule has 3 amide bonds. The van der Waals surface area contributed by atoms with E-state index in [1.54, 1.807) is 14.1 Å². The average Bonchev–Trinajstić information content (AvgIpc) is 3.26. The van der Waals surface area contributed by atoms with Crippen LogP contribution in [0.3, 0.4) is 0 Å². The van der Waals surface area contributed by atoms with Gasteiger partial charge < -0.3 is 0 Å². The van der Waals surface area contributed by atoms with Crippen LogP contribution in [0.5, 0.6) is 0 Å². The van der Waals surface area contributed by atoms with Crippen molar-refractivity contribution in [2.45, 2.75) is 32.6 Å². The number of hydrogen-bond acceptors (Lipinski definition) is 4. The molecule has 2 aliphatic heterocycles. The first-order valence-electron chi connectivity index (χ1n) is 12.5. The summed E-state index contributed by atoms with van der Waals surface area (Å²) >= 11 is 0. The van der Waals surface area contributed by atoms with Gasteiger partial charge in [0, 0.05) is 27.2 Å². The zero-order valence-corrected chi connectivity index (χ0v) is 21.5. The van der Waals surface area contributed by atoms with Gasteiger partial charge in [0.1, 0.15) is 13.1 Å². The van der Waals surface area contributed by atoms with Gasteiger partial charge >= 0.3 is 11.9 Å². The van der Waals surface area contributed by atoms with E-state index in [-0.39, 0.29) is 11.9 Å². The number of amides is 3. The molecular formula is C30H32N5O2+. The van der Waals surface area contributed by atoms with E-state index < -0.39 is 6.04 Å². The van der Waals surface area contributed by atoms with E-state index in [2.05, 4.69) is 52.8 Å². The van der Waals surface area contributed by atoms with Crippen molar-refractivity contribution in [2.75, 3.05) is 20.6 Å². The fourth-order valence-electron chi connectivity index (χ4n) is 4.98. The quantitative estimate of drug-likeness (QED) is 0.446. The second-order valence-corrected chi connectivity index (χ2v) is 9.70. The molecule has 2 aliphatic rings. The topological polar surface area (TPSA) is 59.2 Å². The largest absolute Gasteiger partial charge is 0.333 e. The van der Waals surface area contributed by atoms with Crippen LogP contribution in [0.1, 0.15) is 22.3 Å². The van der Waals surface area contributed by atoms with Crippen molar-refractivity contribution in [1.29, 1.82) is 0 Å². The number of hydrogen-bond donors (Lipinski definition) is 0. The fourth-order valence-corrected chi connectivity index (χ4v) is 4.98. The van der Waals surface area contributed by atoms with Crippen molar-refractivity contribution in [1.82, 2.24) is 14.7 Å². The lowest BCUT2D eigenvalue weighted by atomic mass is 10.1. The highest BCUT2D eigenvalue weighted by Gasteiger charge is 2.53. The van der Waals surface area contributed by atoms with E-state index in [4.69, 9.17) is 4.99 Å². The summed E-state index contributed by atoms with van der Waals surface area (Å²) < 4.78 is 2.07. The minimum atomic E-state index is -0.627. The van der Waals surface area contributed by atoms with Crippen LogP contribution in [0, 0.1) is 6.92 Å². The highest BCUT2D eigenvalue weighted by Crippen LogP contribution is 2.23. The molecule has 5 rings (SSSR count). The van der Waals surface area contributed by atoms with Crippen LogP contribution in [-0.2, 0) is 24.4 Å². The van der Waals surface area contributed by atoms with Crippen LogP contribution in [0.2, 0.25) is 0 Å². The molecule has 0 radical (unpaired) electrons. The van der Waals surface area contributed by atoms with E-state index in [1.807, 2.05) is 48.5 Å². The van der Waals surface area contributed by atoms with Gasteiger partial charge in [-0.05, 0) is 34.2 Å². The predicted molar refractivity (Wildman–Crippen MR) is 144 cm³/mol. The Morgan fingerprint density at radius 1 is 0.784 bits per heavy atom. The standard InChI is InChI=1S/C30H32N5O2/c1-22-12-10-11-17-25(22)20-35-26(31-28-27(35)29(36)33(3)30(37)32(28)2)21-34(18-23-13-6-4-7-14-23)19-24-15-8-5-9-16-24/h4-17,27H,18-21H2,1-3H3/q+1. The molecule has 0 saturated carbocycles. The number of amidine groups is 2. The van der Waals surface area contributed by atoms with E-state index >= 15 is 0 Å². The SMILES string of the molecule is Cc1ccccc1C[N+]1=C(CN(Cc2ccccc2)Cc2ccccc2)N=C2C1C(=O)N(C)C(=O)N2C. The summed E-state index contributed by atoms with van der Waals surface area (Å²) in [6.45, 7) is 4.61. The van der Waals surface area contributed by atoms with Crippen molar-refractivity contribution in [3.8, 4) is 0 Å². The minimum Gasteiger partial charge on any atom is -0.284 e. The number of benzene rings is 3. The summed E-state index contributed by atoms with van der Waals surface area (Å²) in [6.07, 6.45) is 0. The Morgan fingerprint density at radius 3 is 1.95 bits per heavy atom. The van der Waals surface area contributed by atoms with Gasteiger partial charge in [-0.1, -0.05) is 84.9 Å². The highest BCUT2D eigenvalue weighted by molar-refractivity contribution is 6.23. The molecule has 1 unspecified atom stereocenters. The highest BCUT2D eigenvalue weighted by atomic mass is 16.2. The first-order chi connectivity index (χ1) is 17.9. The molecule has 2 heterocycles. The average molecular weight is 495 g/mol. The summed E-state index contributed by atoms with van der Waals surface area (Å²) in [7, 11) is 3.23. The molecule has 37 heavy (non-hydrogen) atoms. The van der Waals surface area contributed by atoms with Crippen LogP contribution in [0.25, 0.3) is 0 Å². The van der Waals surface area contributed by atoms with Crippen molar-refractivity contribution in [3.05, 3.63) is 107 Å². The summed E-state index contributed by atoms with van der Waals surface area (Å²) in [4.78, 5) is 36.1. The van der Waals surface area contributed by atoms with Crippen LogP contribution < -0.4 is 0 Å². The van der Waals surface area contributed by atoms with Crippen molar-refractivity contribution in [3.63, 3.8) is 0 Å². The normalized spacial score (nSPS) is 17.5. The van der Waals surface area contributed by atoms with E-state index in [0.717, 1.165) is 30.1 Å². The molecule has 0 aliphatic carbocycles. The van der Waals surface area contributed by atoms with Crippen LogP contribution >= 0.6 is 0 Å². The van der Waals surface area contributed by atoms with Crippen LogP contribution in [0.4, 0.5) is 4.79 Å². The molecule has 1 atom stereocenters. The maximum atomic E-state index is 13.4. The third-order valence-electron chi connectivity index (χ3n) is 7.08. The zero-order valence-electron chi connectivity index (χ0n) is 21.5. The van der Waals surface area contributed by atoms with Gasteiger partial charge in [-0.15, -0.1) is 0 Å². The molecule has 7 heteroatoms. The smallest absolute Gasteiger partial charge is 0.284 e. The number of rotatable bonds is 8. The lowest BCUT2D eigenvalue weighted by Gasteiger charge is -2.30. The van der Waals surface area contributed by atoms with Gasteiger partial charge in [-0.25, -0.2) is 9.37 Å². The number of aryl methyl sites for hydroxylation is 1. The van der Waals surface area contributed by atoms with Crippen molar-refractivity contribution >= 4 is 23.6 Å². The van der Waals surface area contributed by atoms with Gasteiger partial charge in [-0.2, -0.15) is 0 Å². The molecule has 3 aromatic rings. The maximum Gasteiger partial charge on any atom is 0.333 e. The lowest BCUT2D eigenvalue weighted by molar-refractivity contribution is -0.552. The molecule has 188 valence electrons. The number of nitrogens with zero attached hydrogens (tertiary/aromatic N) is 5. The number of imide groups is 1. The third kappa shape index (κ3) is 5.08. The molecule has 0 spiro atoms. The molecule has 7 nitrogen and oxygen atoms in total. The van der Waals surface area contributed by atoms with E-state index in [9.17, 15) is 9.59 Å². The van der Waals surface area contributed by atoms with E-state index in [0.29, 0.717) is 18.9 Å². The molecule has 0 aromatic heterocycles. The molecular weight excluding hydrogens is 462 g/mol. The first-order valence-corrected chi connectivity index (χ1v) is 12.5. The predicted octanol–water partition coefficient (Wildman–Crippen LogP) is 3.91. The Kier molecular flexibility index (Phi) is 6.97. The van der Waals surface area contributed by atoms with Gasteiger partial charge in [-0.3, -0.25) is 19.5 Å². The number of urea groups is 1. The van der Waals surface area contributed by atoms with Crippen molar-refractivity contribution < 1.29 is 14.2 Å². The number of carbonyl (C=O) groups excluding carboxylic acids is 2. The monoisotopic (exact) mass is 494 g/mol. The van der Waals surface area contributed by atoms with Crippen LogP contribution in [-0.4, -0.2) is 69.6 Å². The summed E-state index contributed by atoms with van der Waals surface area (Å²) in [5, 5.41) is 0. The minimum absolute atomic E-state index is 0.247. The summed E-state index contributed by atoms with van der Waals surface area (Å²) in [5.41, 5.74) is 4.69. The van der Waals surface area contributed by atoms with Crippen molar-refractivity contribution in [2.24, 2.45) is 4.99 Å². The Hall–Kier alpha value is -4.10. The Bertz CT molecular complexity index is 1330. The van der Waals surface area contributed by atoms with Gasteiger partial charge in [0.25, 0.3) is 17.8 Å². The summed E-state index contributed by atoms with van der Waals surface area (Å²) in [5.74, 6) is 1.04. The van der Waals surface area contributed by atoms with Gasteiger partial charge in [0.2, 0.25) is 0 Å². The number of aliphatic imine (C=N–C) groups is 1. The van der Waals surface area contributed by atoms with Gasteiger partial charge in [0.05, 0.1) is 0 Å². The number of likely N-dealkylation sites (N-methyl/N-ethyl adjacent to an activating group) is 2. The molecule has 0 N–H and O–H groups in total. The Morgan fingerprint density at radius 2 is 1.35 bits per heavy atom. The molecule has 0 bridgehead atoms. The van der Waals surface area contributed by atoms with E-state index in [1.165, 1.54) is 20.9 Å². The fraction of sp³-hybridized carbons (Fsp3) is 0.267. The Labute approximate surface area is 218 Å². The first kappa shape index (κ1) is 24.6. The second kappa shape index (κ2) is 10.5. The molecule has 3 aromatic carbocycles. The maximum absolute atomic E-state index is 13.4. The van der Waals surface area contributed by atoms with Crippen LogP contribution in [0.15, 0.2) is 89.9 Å². The number of carbonyl (C=O) groups is 2. The second-order valence-electron chi connectivity index (χ2n) is 9.70. The zero-order chi connectivity index (χ0) is 25.9. The molecule has 1 fully saturated rings. The lowest BCUT2D eigenvalue weighted by Crippen LogP contribution is -2.61. The number of fused-ring (bicyclic) bond motifs is 1. The Balaban J connectivity index is 1.54. The van der Waals surface area contributed by atoms with Gasteiger partial charge in [0.15, 0.2) is 0 Å². The summed E-state index contributed by atoms with van der Waals surface area (Å²) in [6, 6.07) is 27.9. The molecule has 1 saturated heterocycles. The third-order valence-corrected chi connectivity index (χ3v) is 7.08.